The Balaban J connectivity index is 2.00. The summed E-state index contributed by atoms with van der Waals surface area (Å²) in [6.07, 6.45) is 4.21. The van der Waals surface area contributed by atoms with Crippen molar-refractivity contribution in [2.24, 2.45) is 0 Å². The van der Waals surface area contributed by atoms with Crippen LogP contribution in [0.15, 0.2) is 24.3 Å². The summed E-state index contributed by atoms with van der Waals surface area (Å²) in [4.78, 5) is 12.1. The molecule has 1 atom stereocenters. The molecule has 158 valence electrons. The van der Waals surface area contributed by atoms with Crippen LogP contribution in [0.1, 0.15) is 28.9 Å². The summed E-state index contributed by atoms with van der Waals surface area (Å²) in [7, 11) is 0. The molecule has 1 rings (SSSR count). The van der Waals surface area contributed by atoms with E-state index in [1.54, 1.807) is 31.2 Å². The van der Waals surface area contributed by atoms with Crippen LogP contribution in [0.2, 0.25) is 0 Å². The number of amides is 1. The molecule has 2 N–H and O–H groups in total. The Hall–Kier alpha value is -2.39. The molecule has 7 nitrogen and oxygen atoms in total. The summed E-state index contributed by atoms with van der Waals surface area (Å²) in [5.74, 6) is 7.49. The van der Waals surface area contributed by atoms with Gasteiger partial charge < -0.3 is 29.4 Å². The van der Waals surface area contributed by atoms with Crippen molar-refractivity contribution in [1.82, 2.24) is 5.32 Å². The molecule has 0 aliphatic carbocycles. The molecule has 1 aromatic rings. The van der Waals surface area contributed by atoms with Gasteiger partial charge in [-0.2, -0.15) is 0 Å². The van der Waals surface area contributed by atoms with Crippen LogP contribution in [0.5, 0.6) is 0 Å². The van der Waals surface area contributed by atoms with E-state index in [1.165, 1.54) is 0 Å². The molecule has 1 amide bonds. The van der Waals surface area contributed by atoms with Crippen LogP contribution in [-0.4, -0.2) is 70.4 Å². The van der Waals surface area contributed by atoms with Gasteiger partial charge in [-0.1, -0.05) is 24.0 Å². The van der Waals surface area contributed by atoms with Crippen LogP contribution in [0.25, 0.3) is 0 Å². The average molecular weight is 403 g/mol. The molecule has 1 unspecified atom stereocenters. The molecule has 29 heavy (non-hydrogen) atoms. The highest BCUT2D eigenvalue weighted by Gasteiger charge is 2.07. The molecule has 1 aromatic carbocycles. The summed E-state index contributed by atoms with van der Waals surface area (Å²) >= 11 is 0. The summed E-state index contributed by atoms with van der Waals surface area (Å²) in [6.45, 7) is 5.54. The second-order valence-corrected chi connectivity index (χ2v) is 5.77. The van der Waals surface area contributed by atoms with Gasteiger partial charge in [-0.25, -0.2) is 0 Å². The smallest absolute Gasteiger partial charge is 0.251 e. The number of ether oxygens (including phenoxy) is 4. The van der Waals surface area contributed by atoms with E-state index in [4.69, 9.17) is 25.4 Å². The SMILES string of the molecule is C#CCOCCOCCOCCOCCNC(=O)c1ccc(C(O)C#CC)cc1. The first-order valence-electron chi connectivity index (χ1n) is 9.42. The van der Waals surface area contributed by atoms with Crippen LogP contribution in [0, 0.1) is 24.2 Å². The molecule has 0 radical (unpaired) electrons. The largest absolute Gasteiger partial charge is 0.377 e. The van der Waals surface area contributed by atoms with E-state index in [-0.39, 0.29) is 5.91 Å². The molecule has 0 heterocycles. The molecule has 0 fully saturated rings. The van der Waals surface area contributed by atoms with Crippen molar-refractivity contribution >= 4 is 5.91 Å². The predicted octanol–water partition coefficient (Wildman–Crippen LogP) is 1.17. The molecule has 7 heteroatoms. The monoisotopic (exact) mass is 403 g/mol. The number of carbonyl (C=O) groups excluding carboxylic acids is 1. The summed E-state index contributed by atoms with van der Waals surface area (Å²) in [5, 5.41) is 12.5. The van der Waals surface area contributed by atoms with Crippen LogP contribution in [0.3, 0.4) is 0 Å². The number of carbonyl (C=O) groups is 1. The van der Waals surface area contributed by atoms with Gasteiger partial charge in [0.25, 0.3) is 5.91 Å². The van der Waals surface area contributed by atoms with Crippen molar-refractivity contribution < 1.29 is 28.8 Å². The fourth-order valence-corrected chi connectivity index (χ4v) is 2.17. The Labute approximate surface area is 172 Å². The third-order valence-corrected chi connectivity index (χ3v) is 3.60. The fourth-order valence-electron chi connectivity index (χ4n) is 2.17. The highest BCUT2D eigenvalue weighted by Crippen LogP contribution is 2.12. The Morgan fingerprint density at radius 2 is 1.55 bits per heavy atom. The van der Waals surface area contributed by atoms with Crippen LogP contribution >= 0.6 is 0 Å². The molecular formula is C22H29NO6. The molecule has 0 saturated carbocycles. The number of aliphatic hydroxyl groups excluding tert-OH is 1. The normalized spacial score (nSPS) is 11.2. The zero-order valence-corrected chi connectivity index (χ0v) is 16.8. The van der Waals surface area contributed by atoms with E-state index in [0.717, 1.165) is 0 Å². The molecule has 0 spiro atoms. The highest BCUT2D eigenvalue weighted by molar-refractivity contribution is 5.94. The predicted molar refractivity (Wildman–Crippen MR) is 109 cm³/mol. The number of terminal acetylenes is 1. The van der Waals surface area contributed by atoms with E-state index in [9.17, 15) is 9.90 Å². The second kappa shape index (κ2) is 16.6. The first-order chi connectivity index (χ1) is 14.2. The lowest BCUT2D eigenvalue weighted by molar-refractivity contribution is 0.00176. The molecule has 0 saturated heterocycles. The van der Waals surface area contributed by atoms with Gasteiger partial charge >= 0.3 is 0 Å². The van der Waals surface area contributed by atoms with Gasteiger partial charge in [0.1, 0.15) is 12.7 Å². The summed E-state index contributed by atoms with van der Waals surface area (Å²) in [5.41, 5.74) is 1.17. The third kappa shape index (κ3) is 11.9. The van der Waals surface area contributed by atoms with Crippen molar-refractivity contribution in [2.75, 3.05) is 59.4 Å². The van der Waals surface area contributed by atoms with Crippen LogP contribution in [0.4, 0.5) is 0 Å². The molecule has 0 aliphatic heterocycles. The van der Waals surface area contributed by atoms with E-state index < -0.39 is 6.10 Å². The zero-order chi connectivity index (χ0) is 21.2. The minimum Gasteiger partial charge on any atom is -0.377 e. The lowest BCUT2D eigenvalue weighted by Crippen LogP contribution is -2.27. The number of aliphatic hydroxyl groups is 1. The van der Waals surface area contributed by atoms with Gasteiger partial charge in [-0.05, 0) is 24.6 Å². The minimum absolute atomic E-state index is 0.198. The molecule has 0 aliphatic rings. The number of rotatable bonds is 15. The van der Waals surface area contributed by atoms with E-state index in [0.29, 0.717) is 70.5 Å². The van der Waals surface area contributed by atoms with Crippen molar-refractivity contribution in [3.05, 3.63) is 35.4 Å². The maximum absolute atomic E-state index is 12.1. The topological polar surface area (TPSA) is 86.3 Å². The fraction of sp³-hybridized carbons (Fsp3) is 0.500. The summed E-state index contributed by atoms with van der Waals surface area (Å²) in [6, 6.07) is 6.68. The Kier molecular flexibility index (Phi) is 14.1. The van der Waals surface area contributed by atoms with Gasteiger partial charge in [0.15, 0.2) is 0 Å². The molecule has 0 aromatic heterocycles. The van der Waals surface area contributed by atoms with Crippen molar-refractivity contribution in [1.29, 1.82) is 0 Å². The highest BCUT2D eigenvalue weighted by atomic mass is 16.6. The molecular weight excluding hydrogens is 374 g/mol. The Bertz CT molecular complexity index is 671. The maximum atomic E-state index is 12.1. The minimum atomic E-state index is -0.841. The number of benzene rings is 1. The maximum Gasteiger partial charge on any atom is 0.251 e. The Morgan fingerprint density at radius 1 is 1.00 bits per heavy atom. The van der Waals surface area contributed by atoms with Crippen molar-refractivity contribution in [3.8, 4) is 24.2 Å². The van der Waals surface area contributed by atoms with E-state index in [1.807, 2.05) is 0 Å². The Morgan fingerprint density at radius 3 is 2.10 bits per heavy atom. The van der Waals surface area contributed by atoms with E-state index in [2.05, 4.69) is 23.1 Å². The van der Waals surface area contributed by atoms with Gasteiger partial charge in [0, 0.05) is 12.1 Å². The number of hydrogen-bond donors (Lipinski definition) is 2. The quantitative estimate of drug-likeness (QED) is 0.338. The van der Waals surface area contributed by atoms with Gasteiger partial charge in [-0.3, -0.25) is 4.79 Å². The lowest BCUT2D eigenvalue weighted by atomic mass is 10.1. The van der Waals surface area contributed by atoms with Gasteiger partial charge in [-0.15, -0.1) is 12.3 Å². The zero-order valence-electron chi connectivity index (χ0n) is 16.8. The number of nitrogens with one attached hydrogen (secondary N) is 1. The van der Waals surface area contributed by atoms with Crippen molar-refractivity contribution in [2.45, 2.75) is 13.0 Å². The van der Waals surface area contributed by atoms with Gasteiger partial charge in [0.05, 0.1) is 46.2 Å². The third-order valence-electron chi connectivity index (χ3n) is 3.60. The standard InChI is InChI=1S/C22H29NO6/c1-3-5-21(24)19-6-8-20(9-7-19)22(25)23-10-12-27-14-16-29-18-17-28-15-13-26-11-4-2/h2,6-9,21,24H,10-18H2,1H3,(H,23,25). The lowest BCUT2D eigenvalue weighted by Gasteiger charge is -2.09. The van der Waals surface area contributed by atoms with Crippen molar-refractivity contribution in [3.63, 3.8) is 0 Å². The first kappa shape index (κ1) is 24.6. The average Bonchev–Trinajstić information content (AvgIpc) is 2.74. The number of hydrogen-bond acceptors (Lipinski definition) is 6. The summed E-state index contributed by atoms with van der Waals surface area (Å²) < 4.78 is 21.1. The van der Waals surface area contributed by atoms with Crippen LogP contribution < -0.4 is 5.32 Å². The second-order valence-electron chi connectivity index (χ2n) is 5.77. The van der Waals surface area contributed by atoms with Crippen LogP contribution in [-0.2, 0) is 18.9 Å². The first-order valence-corrected chi connectivity index (χ1v) is 9.42. The van der Waals surface area contributed by atoms with Gasteiger partial charge in [0.2, 0.25) is 0 Å². The molecule has 0 bridgehead atoms. The van der Waals surface area contributed by atoms with E-state index >= 15 is 0 Å².